The van der Waals surface area contributed by atoms with Crippen molar-refractivity contribution in [2.45, 2.75) is 52.1 Å². The summed E-state index contributed by atoms with van der Waals surface area (Å²) in [6, 6.07) is 1.21. The Labute approximate surface area is 124 Å². The Kier molecular flexibility index (Phi) is 8.62. The van der Waals surface area contributed by atoms with Crippen molar-refractivity contribution in [1.29, 1.82) is 0 Å². The number of nitrogens with one attached hydrogen (secondary N) is 2. The van der Waals surface area contributed by atoms with Crippen LogP contribution in [0.1, 0.15) is 40.0 Å². The molecule has 0 atom stereocenters. The maximum atomic E-state index is 5.05. The van der Waals surface area contributed by atoms with Crippen molar-refractivity contribution in [3.05, 3.63) is 0 Å². The monoisotopic (exact) mass is 284 g/mol. The zero-order valence-corrected chi connectivity index (χ0v) is 13.6. The molecule has 1 aliphatic heterocycles. The average Bonchev–Trinajstić information content (AvgIpc) is 2.44. The molecular weight excluding hydrogens is 252 g/mol. The van der Waals surface area contributed by atoms with Crippen molar-refractivity contribution < 1.29 is 4.74 Å². The van der Waals surface area contributed by atoms with Crippen molar-refractivity contribution in [3.63, 3.8) is 0 Å². The molecule has 0 unspecified atom stereocenters. The van der Waals surface area contributed by atoms with E-state index in [0.717, 1.165) is 32.1 Å². The Balaban J connectivity index is 2.34. The van der Waals surface area contributed by atoms with E-state index in [2.05, 4.69) is 41.3 Å². The summed E-state index contributed by atoms with van der Waals surface area (Å²) in [4.78, 5) is 7.14. The Bertz CT molecular complexity index is 273. The molecule has 20 heavy (non-hydrogen) atoms. The van der Waals surface area contributed by atoms with Gasteiger partial charge in [-0.1, -0.05) is 0 Å². The van der Waals surface area contributed by atoms with Crippen LogP contribution in [0.5, 0.6) is 0 Å². The maximum absolute atomic E-state index is 5.05. The Morgan fingerprint density at radius 2 is 2.05 bits per heavy atom. The van der Waals surface area contributed by atoms with Crippen LogP contribution >= 0.6 is 0 Å². The summed E-state index contributed by atoms with van der Waals surface area (Å²) in [6.45, 7) is 11.5. The summed E-state index contributed by atoms with van der Waals surface area (Å²) in [6.07, 6.45) is 3.36. The zero-order chi connectivity index (χ0) is 14.8. The van der Waals surface area contributed by atoms with Gasteiger partial charge >= 0.3 is 0 Å². The Morgan fingerprint density at radius 1 is 1.35 bits per heavy atom. The number of likely N-dealkylation sites (tertiary alicyclic amines) is 1. The van der Waals surface area contributed by atoms with Gasteiger partial charge in [0.05, 0.1) is 0 Å². The summed E-state index contributed by atoms with van der Waals surface area (Å²) in [5.74, 6) is 0.951. The molecule has 2 N–H and O–H groups in total. The highest BCUT2D eigenvalue weighted by atomic mass is 16.5. The summed E-state index contributed by atoms with van der Waals surface area (Å²) in [7, 11) is 1.73. The second-order valence-corrected chi connectivity index (χ2v) is 5.66. The summed E-state index contributed by atoms with van der Waals surface area (Å²) in [5.41, 5.74) is 0. The fourth-order valence-electron chi connectivity index (χ4n) is 2.47. The van der Waals surface area contributed by atoms with Gasteiger partial charge in [0.1, 0.15) is 0 Å². The van der Waals surface area contributed by atoms with Crippen molar-refractivity contribution in [2.24, 2.45) is 4.99 Å². The molecule has 1 saturated heterocycles. The number of aliphatic imine (C=N–C) groups is 1. The molecule has 0 aliphatic carbocycles. The van der Waals surface area contributed by atoms with E-state index >= 15 is 0 Å². The van der Waals surface area contributed by atoms with Crippen LogP contribution in [-0.2, 0) is 4.74 Å². The Morgan fingerprint density at radius 3 is 2.60 bits per heavy atom. The van der Waals surface area contributed by atoms with E-state index in [1.54, 1.807) is 7.11 Å². The second-order valence-electron chi connectivity index (χ2n) is 5.66. The number of guanidine groups is 1. The molecule has 1 aliphatic rings. The first-order valence-corrected chi connectivity index (χ1v) is 7.95. The summed E-state index contributed by atoms with van der Waals surface area (Å²) < 4.78 is 5.05. The van der Waals surface area contributed by atoms with Crippen LogP contribution < -0.4 is 10.6 Å². The van der Waals surface area contributed by atoms with E-state index in [9.17, 15) is 0 Å². The third-order valence-electron chi connectivity index (χ3n) is 3.72. The number of rotatable bonds is 7. The lowest BCUT2D eigenvalue weighted by Crippen LogP contribution is -2.49. The van der Waals surface area contributed by atoms with E-state index in [1.807, 2.05) is 0 Å². The number of ether oxygens (including phenoxy) is 1. The van der Waals surface area contributed by atoms with Gasteiger partial charge in [-0.3, -0.25) is 4.99 Å². The topological polar surface area (TPSA) is 48.9 Å². The smallest absolute Gasteiger partial charge is 0.191 e. The molecule has 0 spiro atoms. The molecule has 0 aromatic heterocycles. The van der Waals surface area contributed by atoms with Crippen LogP contribution in [0.2, 0.25) is 0 Å². The molecule has 5 nitrogen and oxygen atoms in total. The highest BCUT2D eigenvalue weighted by Gasteiger charge is 2.21. The van der Waals surface area contributed by atoms with E-state index in [0.29, 0.717) is 12.1 Å². The minimum atomic E-state index is 0.547. The van der Waals surface area contributed by atoms with Crippen molar-refractivity contribution in [2.75, 3.05) is 39.9 Å². The van der Waals surface area contributed by atoms with Crippen LogP contribution in [0, 0.1) is 0 Å². The molecule has 118 valence electrons. The minimum absolute atomic E-state index is 0.547. The number of piperidine rings is 1. The summed E-state index contributed by atoms with van der Waals surface area (Å²) in [5, 5.41) is 6.89. The second kappa shape index (κ2) is 10.00. The van der Waals surface area contributed by atoms with E-state index in [-0.39, 0.29) is 0 Å². The van der Waals surface area contributed by atoms with Gasteiger partial charge in [-0.15, -0.1) is 0 Å². The largest absolute Gasteiger partial charge is 0.385 e. The van der Waals surface area contributed by atoms with Crippen molar-refractivity contribution in [1.82, 2.24) is 15.5 Å². The molecule has 1 rings (SSSR count). The number of hydrogen-bond donors (Lipinski definition) is 2. The van der Waals surface area contributed by atoms with Gasteiger partial charge in [-0.25, -0.2) is 0 Å². The SMILES string of the molecule is CCNC(=NCCCOC)NC1CCN(C(C)C)CC1. The Hall–Kier alpha value is -0.810. The third-order valence-corrected chi connectivity index (χ3v) is 3.72. The fraction of sp³-hybridized carbons (Fsp3) is 0.933. The molecule has 0 radical (unpaired) electrons. The van der Waals surface area contributed by atoms with Crippen molar-refractivity contribution >= 4 is 5.96 Å². The quantitative estimate of drug-likeness (QED) is 0.422. The molecule has 0 aromatic carbocycles. The molecule has 5 heteroatoms. The molecule has 0 aromatic rings. The number of hydrogen-bond acceptors (Lipinski definition) is 3. The van der Waals surface area contributed by atoms with Gasteiger partial charge < -0.3 is 20.3 Å². The lowest BCUT2D eigenvalue weighted by molar-refractivity contribution is 0.167. The highest BCUT2D eigenvalue weighted by molar-refractivity contribution is 5.80. The van der Waals surface area contributed by atoms with Gasteiger partial charge in [0.25, 0.3) is 0 Å². The van der Waals surface area contributed by atoms with Gasteiger partial charge in [-0.05, 0) is 40.0 Å². The standard InChI is InChI=1S/C15H32N4O/c1-5-16-15(17-9-6-12-20-4)18-14-7-10-19(11-8-14)13(2)3/h13-14H,5-12H2,1-4H3,(H2,16,17,18). The van der Waals surface area contributed by atoms with Gasteiger partial charge in [0.15, 0.2) is 5.96 Å². The first-order valence-electron chi connectivity index (χ1n) is 7.95. The lowest BCUT2D eigenvalue weighted by atomic mass is 10.0. The van der Waals surface area contributed by atoms with Crippen LogP contribution in [0.15, 0.2) is 4.99 Å². The molecule has 0 saturated carbocycles. The number of nitrogens with zero attached hydrogens (tertiary/aromatic N) is 2. The highest BCUT2D eigenvalue weighted by Crippen LogP contribution is 2.12. The lowest BCUT2D eigenvalue weighted by Gasteiger charge is -2.35. The minimum Gasteiger partial charge on any atom is -0.385 e. The third kappa shape index (κ3) is 6.57. The van der Waals surface area contributed by atoms with Gasteiger partial charge in [0.2, 0.25) is 0 Å². The molecule has 1 heterocycles. The van der Waals surface area contributed by atoms with Crippen LogP contribution in [-0.4, -0.2) is 62.8 Å². The maximum Gasteiger partial charge on any atom is 0.191 e. The first kappa shape index (κ1) is 17.2. The van der Waals surface area contributed by atoms with Crippen LogP contribution in [0.4, 0.5) is 0 Å². The predicted octanol–water partition coefficient (Wildman–Crippen LogP) is 1.45. The molecule has 1 fully saturated rings. The fourth-order valence-corrected chi connectivity index (χ4v) is 2.47. The zero-order valence-electron chi connectivity index (χ0n) is 13.6. The van der Waals surface area contributed by atoms with Crippen LogP contribution in [0.25, 0.3) is 0 Å². The first-order chi connectivity index (χ1) is 9.67. The van der Waals surface area contributed by atoms with E-state index in [4.69, 9.17) is 4.74 Å². The van der Waals surface area contributed by atoms with Gasteiger partial charge in [-0.2, -0.15) is 0 Å². The van der Waals surface area contributed by atoms with E-state index in [1.165, 1.54) is 25.9 Å². The van der Waals surface area contributed by atoms with Gasteiger partial charge in [0, 0.05) is 52.0 Å². The van der Waals surface area contributed by atoms with Crippen molar-refractivity contribution in [3.8, 4) is 0 Å². The van der Waals surface area contributed by atoms with Crippen LogP contribution in [0.3, 0.4) is 0 Å². The van der Waals surface area contributed by atoms with E-state index < -0.39 is 0 Å². The number of methoxy groups -OCH3 is 1. The molecular formula is C15H32N4O. The molecule has 0 amide bonds. The predicted molar refractivity (Wildman–Crippen MR) is 85.3 cm³/mol. The average molecular weight is 284 g/mol. The molecule has 0 bridgehead atoms. The summed E-state index contributed by atoms with van der Waals surface area (Å²) >= 11 is 0. The normalized spacial score (nSPS) is 18.6.